The van der Waals surface area contributed by atoms with Gasteiger partial charge in [0.15, 0.2) is 5.82 Å². The predicted octanol–water partition coefficient (Wildman–Crippen LogP) is 2.96. The third-order valence-corrected chi connectivity index (χ3v) is 4.41. The van der Waals surface area contributed by atoms with Crippen molar-refractivity contribution in [3.63, 3.8) is 0 Å². The summed E-state index contributed by atoms with van der Waals surface area (Å²) in [7, 11) is 0. The number of carbonyl (C=O) groups is 1. The fraction of sp³-hybridized carbons (Fsp3) is 0.375. The maximum atomic E-state index is 12.4. The van der Waals surface area contributed by atoms with Gasteiger partial charge in [-0.25, -0.2) is 0 Å². The van der Waals surface area contributed by atoms with Crippen LogP contribution in [0.2, 0.25) is 0 Å². The number of hydrogen-bond acceptors (Lipinski definition) is 3. The Morgan fingerprint density at radius 1 is 1.33 bits per heavy atom. The first-order valence-electron chi connectivity index (χ1n) is 7.36. The highest BCUT2D eigenvalue weighted by Gasteiger charge is 2.23. The van der Waals surface area contributed by atoms with Crippen LogP contribution in [0.4, 0.5) is 5.82 Å². The van der Waals surface area contributed by atoms with Crippen molar-refractivity contribution in [1.82, 2.24) is 10.2 Å². The minimum absolute atomic E-state index is 0.121. The second-order valence-electron chi connectivity index (χ2n) is 5.73. The van der Waals surface area contributed by atoms with E-state index in [4.69, 9.17) is 4.74 Å². The van der Waals surface area contributed by atoms with Crippen molar-refractivity contribution in [2.75, 3.05) is 5.32 Å². The SMILES string of the molecule is O=C(Nc1cc(C2CCC2)[nH]n1)c1cccc2c1COC2. The quantitative estimate of drug-likeness (QED) is 0.910. The lowest BCUT2D eigenvalue weighted by Crippen LogP contribution is -2.14. The highest BCUT2D eigenvalue weighted by molar-refractivity contribution is 6.05. The van der Waals surface area contributed by atoms with E-state index in [2.05, 4.69) is 15.5 Å². The van der Waals surface area contributed by atoms with Gasteiger partial charge in [-0.3, -0.25) is 9.89 Å². The number of anilines is 1. The predicted molar refractivity (Wildman–Crippen MR) is 78.1 cm³/mol. The number of aromatic amines is 1. The molecule has 1 saturated carbocycles. The number of aromatic nitrogens is 2. The van der Waals surface area contributed by atoms with Gasteiger partial charge in [0.1, 0.15) is 0 Å². The number of benzene rings is 1. The fourth-order valence-corrected chi connectivity index (χ4v) is 2.93. The number of rotatable bonds is 3. The number of nitrogens with zero attached hydrogens (tertiary/aromatic N) is 1. The van der Waals surface area contributed by atoms with Crippen molar-refractivity contribution in [3.8, 4) is 0 Å². The third kappa shape index (κ3) is 2.23. The van der Waals surface area contributed by atoms with Crippen LogP contribution in [0.5, 0.6) is 0 Å². The number of carbonyl (C=O) groups excluding carboxylic acids is 1. The number of H-pyrrole nitrogens is 1. The Morgan fingerprint density at radius 3 is 3.05 bits per heavy atom. The fourth-order valence-electron chi connectivity index (χ4n) is 2.93. The van der Waals surface area contributed by atoms with Gasteiger partial charge < -0.3 is 10.1 Å². The Balaban J connectivity index is 1.53. The zero-order chi connectivity index (χ0) is 14.2. The van der Waals surface area contributed by atoms with E-state index in [1.165, 1.54) is 19.3 Å². The molecule has 5 heteroatoms. The average molecular weight is 283 g/mol. The van der Waals surface area contributed by atoms with Crippen molar-refractivity contribution in [2.45, 2.75) is 38.4 Å². The smallest absolute Gasteiger partial charge is 0.257 e. The van der Waals surface area contributed by atoms with Crippen LogP contribution in [0.15, 0.2) is 24.3 Å². The van der Waals surface area contributed by atoms with Crippen molar-refractivity contribution >= 4 is 11.7 Å². The third-order valence-electron chi connectivity index (χ3n) is 4.41. The monoisotopic (exact) mass is 283 g/mol. The first-order chi connectivity index (χ1) is 10.3. The molecular formula is C16H17N3O2. The van der Waals surface area contributed by atoms with E-state index in [-0.39, 0.29) is 5.91 Å². The molecule has 5 nitrogen and oxygen atoms in total. The topological polar surface area (TPSA) is 67.0 Å². The molecule has 0 saturated heterocycles. The lowest BCUT2D eigenvalue weighted by Gasteiger charge is -2.23. The molecular weight excluding hydrogens is 266 g/mol. The van der Waals surface area contributed by atoms with Crippen molar-refractivity contribution in [2.24, 2.45) is 0 Å². The van der Waals surface area contributed by atoms with E-state index in [1.54, 1.807) is 0 Å². The Hall–Kier alpha value is -2.14. The van der Waals surface area contributed by atoms with Gasteiger partial charge in [-0.1, -0.05) is 18.6 Å². The summed E-state index contributed by atoms with van der Waals surface area (Å²) in [5.74, 6) is 1.06. The second-order valence-corrected chi connectivity index (χ2v) is 5.73. The number of hydrogen-bond donors (Lipinski definition) is 2. The molecule has 1 fully saturated rings. The van der Waals surface area contributed by atoms with Crippen LogP contribution < -0.4 is 5.32 Å². The van der Waals surface area contributed by atoms with E-state index in [9.17, 15) is 4.79 Å². The Bertz CT molecular complexity index is 689. The zero-order valence-corrected chi connectivity index (χ0v) is 11.7. The molecule has 1 aromatic heterocycles. The summed E-state index contributed by atoms with van der Waals surface area (Å²) in [4.78, 5) is 12.4. The molecule has 2 aromatic rings. The van der Waals surface area contributed by atoms with E-state index in [1.807, 2.05) is 24.3 Å². The zero-order valence-electron chi connectivity index (χ0n) is 11.7. The minimum atomic E-state index is -0.121. The molecule has 0 spiro atoms. The maximum absolute atomic E-state index is 12.4. The van der Waals surface area contributed by atoms with Crippen LogP contribution in [0, 0.1) is 0 Å². The summed E-state index contributed by atoms with van der Waals surface area (Å²) in [6.45, 7) is 1.09. The summed E-state index contributed by atoms with van der Waals surface area (Å²) < 4.78 is 5.41. The van der Waals surface area contributed by atoms with Gasteiger partial charge in [-0.15, -0.1) is 0 Å². The van der Waals surface area contributed by atoms with Gasteiger partial charge in [0.2, 0.25) is 0 Å². The van der Waals surface area contributed by atoms with E-state index in [0.29, 0.717) is 30.5 Å². The van der Waals surface area contributed by atoms with Gasteiger partial charge in [-0.2, -0.15) is 5.10 Å². The maximum Gasteiger partial charge on any atom is 0.257 e. The number of nitrogens with one attached hydrogen (secondary N) is 2. The highest BCUT2D eigenvalue weighted by Crippen LogP contribution is 2.35. The molecule has 0 atom stereocenters. The van der Waals surface area contributed by atoms with Crippen LogP contribution in [-0.2, 0) is 18.0 Å². The molecule has 0 unspecified atom stereocenters. The van der Waals surface area contributed by atoms with Crippen LogP contribution in [0.3, 0.4) is 0 Å². The first kappa shape index (κ1) is 12.6. The van der Waals surface area contributed by atoms with Gasteiger partial charge >= 0.3 is 0 Å². The summed E-state index contributed by atoms with van der Waals surface area (Å²) in [5.41, 5.74) is 3.89. The minimum Gasteiger partial charge on any atom is -0.372 e. The molecule has 2 heterocycles. The molecule has 2 aliphatic rings. The van der Waals surface area contributed by atoms with E-state index >= 15 is 0 Å². The lowest BCUT2D eigenvalue weighted by molar-refractivity contribution is 0.102. The Labute approximate surface area is 122 Å². The van der Waals surface area contributed by atoms with Crippen molar-refractivity contribution < 1.29 is 9.53 Å². The summed E-state index contributed by atoms with van der Waals surface area (Å²) in [5, 5.41) is 10.1. The number of amides is 1. The Morgan fingerprint density at radius 2 is 2.24 bits per heavy atom. The Kier molecular flexibility index (Phi) is 3.00. The molecule has 4 rings (SSSR count). The van der Waals surface area contributed by atoms with Gasteiger partial charge in [0.05, 0.1) is 13.2 Å². The van der Waals surface area contributed by atoms with Crippen molar-refractivity contribution in [3.05, 3.63) is 46.6 Å². The molecule has 1 amide bonds. The van der Waals surface area contributed by atoms with Gasteiger partial charge in [0, 0.05) is 23.2 Å². The molecule has 1 aromatic carbocycles. The molecule has 1 aliphatic carbocycles. The number of ether oxygens (including phenoxy) is 1. The average Bonchev–Trinajstić information content (AvgIpc) is 3.05. The summed E-state index contributed by atoms with van der Waals surface area (Å²) in [6, 6.07) is 7.68. The number of fused-ring (bicyclic) bond motifs is 1. The normalized spacial score (nSPS) is 17.3. The molecule has 0 bridgehead atoms. The van der Waals surface area contributed by atoms with Crippen LogP contribution in [0.1, 0.15) is 52.4 Å². The highest BCUT2D eigenvalue weighted by atomic mass is 16.5. The molecule has 108 valence electrons. The molecule has 1 aliphatic heterocycles. The first-order valence-corrected chi connectivity index (χ1v) is 7.36. The van der Waals surface area contributed by atoms with Crippen molar-refractivity contribution in [1.29, 1.82) is 0 Å². The summed E-state index contributed by atoms with van der Waals surface area (Å²) in [6.07, 6.45) is 3.69. The van der Waals surface area contributed by atoms with E-state index < -0.39 is 0 Å². The molecule has 0 radical (unpaired) electrons. The van der Waals surface area contributed by atoms with Crippen LogP contribution >= 0.6 is 0 Å². The largest absolute Gasteiger partial charge is 0.372 e. The second kappa shape index (κ2) is 5.00. The van der Waals surface area contributed by atoms with E-state index in [0.717, 1.165) is 16.8 Å². The van der Waals surface area contributed by atoms with Gasteiger partial charge in [0.25, 0.3) is 5.91 Å². The summed E-state index contributed by atoms with van der Waals surface area (Å²) >= 11 is 0. The lowest BCUT2D eigenvalue weighted by atomic mass is 9.83. The van der Waals surface area contributed by atoms with Gasteiger partial charge in [-0.05, 0) is 30.0 Å². The molecule has 21 heavy (non-hydrogen) atoms. The standard InChI is InChI=1S/C16H17N3O2/c20-16(12-6-2-5-11-8-21-9-13(11)12)17-15-7-14(18-19-15)10-3-1-4-10/h2,5-7,10H,1,3-4,8-9H2,(H2,17,18,19,20). The van der Waals surface area contributed by atoms with Crippen LogP contribution in [0.25, 0.3) is 0 Å². The van der Waals surface area contributed by atoms with Crippen LogP contribution in [-0.4, -0.2) is 16.1 Å². The molecule has 2 N–H and O–H groups in total.